The smallest absolute Gasteiger partial charge is 0.254 e. The topological polar surface area (TPSA) is 26.8 Å². The average Bonchev–Trinajstić information content (AvgIpc) is 3.58. The predicted octanol–water partition coefficient (Wildman–Crippen LogP) is 6.43. The molecule has 2 heterocycles. The summed E-state index contributed by atoms with van der Waals surface area (Å²) in [5, 5.41) is 0. The minimum absolute atomic E-state index is 0.0743. The van der Waals surface area contributed by atoms with Gasteiger partial charge in [0.25, 0.3) is 12.7 Å². The monoisotopic (exact) mass is 506 g/mol. The number of rotatable bonds is 5. The molecule has 0 saturated heterocycles. The largest absolute Gasteiger partial charge is 0.492 e. The molecule has 0 spiro atoms. The molecule has 0 aliphatic carbocycles. The van der Waals surface area contributed by atoms with E-state index in [0.29, 0.717) is 0 Å². The fourth-order valence-corrected chi connectivity index (χ4v) is 4.59. The summed E-state index contributed by atoms with van der Waals surface area (Å²) >= 11 is 0. The fourth-order valence-electron chi connectivity index (χ4n) is 4.59. The van der Waals surface area contributed by atoms with Gasteiger partial charge in [-0.1, -0.05) is 65.8 Å². The van der Waals surface area contributed by atoms with Crippen LogP contribution in [0.15, 0.2) is 104 Å². The van der Waals surface area contributed by atoms with Gasteiger partial charge in [0.2, 0.25) is 0 Å². The Morgan fingerprint density at radius 1 is 0.632 bits per heavy atom. The number of ether oxygens (including phenoxy) is 1. The second kappa shape index (κ2) is 9.64. The molecule has 0 aliphatic heterocycles. The third-order valence-corrected chi connectivity index (χ3v) is 7.01. The Bertz CT molecular complexity index is 1540. The van der Waals surface area contributed by atoms with Crippen molar-refractivity contribution in [2.45, 2.75) is 52.4 Å². The lowest BCUT2D eigenvalue weighted by Crippen LogP contribution is -2.28. The van der Waals surface area contributed by atoms with E-state index in [1.54, 1.807) is 7.11 Å². The van der Waals surface area contributed by atoms with Crippen LogP contribution in [0.4, 0.5) is 0 Å². The van der Waals surface area contributed by atoms with Crippen LogP contribution in [0, 0.1) is 0 Å². The zero-order chi connectivity index (χ0) is 27.1. The zero-order valence-corrected chi connectivity index (χ0v) is 23.5. The van der Waals surface area contributed by atoms with Crippen molar-refractivity contribution in [3.8, 4) is 28.5 Å². The number of methoxy groups -OCH3 is 1. The van der Waals surface area contributed by atoms with Crippen molar-refractivity contribution in [3.05, 3.63) is 115 Å². The van der Waals surface area contributed by atoms with E-state index in [4.69, 9.17) is 4.74 Å². The lowest BCUT2D eigenvalue weighted by atomic mass is 9.80. The van der Waals surface area contributed by atoms with E-state index < -0.39 is 0 Å². The number of aromatic nitrogens is 4. The van der Waals surface area contributed by atoms with Crippen LogP contribution in [0.2, 0.25) is 0 Å². The Labute approximate surface area is 226 Å². The molecule has 0 amide bonds. The summed E-state index contributed by atoms with van der Waals surface area (Å²) in [6, 6.07) is 23.6. The maximum absolute atomic E-state index is 5.55. The summed E-state index contributed by atoms with van der Waals surface area (Å²) in [6.07, 6.45) is 12.6. The fraction of sp³-hybridized carbons (Fsp3) is 0.273. The summed E-state index contributed by atoms with van der Waals surface area (Å²) in [4.78, 5) is 0. The van der Waals surface area contributed by atoms with Crippen molar-refractivity contribution in [2.75, 3.05) is 7.11 Å². The molecule has 0 saturated carbocycles. The first-order valence-corrected chi connectivity index (χ1v) is 13.1. The van der Waals surface area contributed by atoms with Crippen molar-refractivity contribution in [1.82, 2.24) is 9.13 Å². The molecule has 5 nitrogen and oxygen atoms in total. The molecule has 0 fully saturated rings. The molecule has 0 N–H and O–H groups in total. The number of nitrogens with zero attached hydrogens (tertiary/aromatic N) is 4. The summed E-state index contributed by atoms with van der Waals surface area (Å²) in [7, 11) is 1.70. The standard InChI is InChI=1S/C33H38N4O/c1-32(2,3)25-19-26(33(4,5)6)21-29(20-25)36-16-15-34(23-36)27-11-10-12-28(22-27)35-17-18-37(24-35)30-13-8-9-14-31(30)38-7/h8-24H,1-7H3/q+2. The van der Waals surface area contributed by atoms with Crippen molar-refractivity contribution in [1.29, 1.82) is 0 Å². The van der Waals surface area contributed by atoms with E-state index in [9.17, 15) is 0 Å². The van der Waals surface area contributed by atoms with Crippen LogP contribution in [0.25, 0.3) is 22.7 Å². The first kappa shape index (κ1) is 25.5. The molecule has 5 aromatic rings. The number of hydrogen-bond donors (Lipinski definition) is 0. The molecule has 0 bridgehead atoms. The number of imidazole rings is 2. The third-order valence-electron chi connectivity index (χ3n) is 7.01. The van der Waals surface area contributed by atoms with Crippen LogP contribution in [-0.2, 0) is 10.8 Å². The van der Waals surface area contributed by atoms with Crippen LogP contribution >= 0.6 is 0 Å². The van der Waals surface area contributed by atoms with Gasteiger partial charge < -0.3 is 4.74 Å². The van der Waals surface area contributed by atoms with Crippen LogP contribution in [0.3, 0.4) is 0 Å². The van der Waals surface area contributed by atoms with E-state index in [1.165, 1.54) is 16.8 Å². The van der Waals surface area contributed by atoms with Crippen LogP contribution < -0.4 is 13.9 Å². The van der Waals surface area contributed by atoms with Gasteiger partial charge in [-0.25, -0.2) is 13.7 Å². The molecule has 0 atom stereocenters. The Morgan fingerprint density at radius 2 is 1.24 bits per heavy atom. The van der Waals surface area contributed by atoms with Crippen LogP contribution in [-0.4, -0.2) is 16.2 Å². The Balaban J connectivity index is 1.48. The summed E-state index contributed by atoms with van der Waals surface area (Å²) in [5.74, 6) is 0.839. The van der Waals surface area contributed by atoms with Crippen molar-refractivity contribution in [3.63, 3.8) is 0 Å². The van der Waals surface area contributed by atoms with E-state index in [-0.39, 0.29) is 10.8 Å². The molecule has 0 radical (unpaired) electrons. The summed E-state index contributed by atoms with van der Waals surface area (Å²) < 4.78 is 14.1. The van der Waals surface area contributed by atoms with Gasteiger partial charge in [-0.3, -0.25) is 0 Å². The Kier molecular flexibility index (Phi) is 6.47. The highest BCUT2D eigenvalue weighted by Gasteiger charge is 2.23. The first-order chi connectivity index (χ1) is 18.0. The number of para-hydroxylation sites is 2. The highest BCUT2D eigenvalue weighted by Crippen LogP contribution is 2.31. The maximum Gasteiger partial charge on any atom is 0.254 e. The van der Waals surface area contributed by atoms with E-state index in [0.717, 1.165) is 22.8 Å². The van der Waals surface area contributed by atoms with Crippen molar-refractivity contribution >= 4 is 0 Å². The van der Waals surface area contributed by atoms with Gasteiger partial charge in [0.1, 0.15) is 41.8 Å². The number of benzene rings is 3. The minimum Gasteiger partial charge on any atom is -0.492 e. The van der Waals surface area contributed by atoms with E-state index in [1.807, 2.05) is 24.4 Å². The second-order valence-corrected chi connectivity index (χ2v) is 11.9. The molecule has 0 unspecified atom stereocenters. The molecule has 194 valence electrons. The first-order valence-electron chi connectivity index (χ1n) is 13.1. The van der Waals surface area contributed by atoms with Gasteiger partial charge in [-0.05, 0) is 58.4 Å². The highest BCUT2D eigenvalue weighted by atomic mass is 16.5. The van der Waals surface area contributed by atoms with Gasteiger partial charge in [-0.2, -0.15) is 4.57 Å². The molecule has 5 heteroatoms. The minimum atomic E-state index is 0.0743. The van der Waals surface area contributed by atoms with E-state index in [2.05, 4.69) is 140 Å². The summed E-state index contributed by atoms with van der Waals surface area (Å²) in [5.41, 5.74) is 7.21. The SMILES string of the molecule is COc1ccccc1-[n+]1ccn(-c2cccc(-[n+]3ccn(-c4cc(C(C)(C)C)cc(C(C)(C)C)c4)c3)c2)c1. The Morgan fingerprint density at radius 3 is 1.89 bits per heavy atom. The molecule has 38 heavy (non-hydrogen) atoms. The maximum atomic E-state index is 5.55. The third kappa shape index (κ3) is 5.14. The van der Waals surface area contributed by atoms with Gasteiger partial charge in [0.05, 0.1) is 7.11 Å². The second-order valence-electron chi connectivity index (χ2n) is 11.9. The van der Waals surface area contributed by atoms with Gasteiger partial charge in [0.15, 0.2) is 11.4 Å². The summed E-state index contributed by atoms with van der Waals surface area (Å²) in [6.45, 7) is 13.7. The highest BCUT2D eigenvalue weighted by molar-refractivity contribution is 5.45. The van der Waals surface area contributed by atoms with Crippen LogP contribution in [0.5, 0.6) is 5.75 Å². The van der Waals surface area contributed by atoms with E-state index >= 15 is 0 Å². The average molecular weight is 507 g/mol. The molecular formula is C33H38N4O+2. The molecule has 0 aliphatic rings. The van der Waals surface area contributed by atoms with Crippen molar-refractivity contribution in [2.24, 2.45) is 0 Å². The molecule has 5 rings (SSSR count). The quantitative estimate of drug-likeness (QED) is 0.253. The normalized spacial score (nSPS) is 12.1. The lowest BCUT2D eigenvalue weighted by Gasteiger charge is -2.25. The molecular weight excluding hydrogens is 468 g/mol. The predicted molar refractivity (Wildman–Crippen MR) is 152 cm³/mol. The Hall–Kier alpha value is -4.12. The van der Waals surface area contributed by atoms with Gasteiger partial charge in [0, 0.05) is 6.07 Å². The van der Waals surface area contributed by atoms with Gasteiger partial charge in [-0.15, -0.1) is 0 Å². The van der Waals surface area contributed by atoms with Gasteiger partial charge >= 0.3 is 0 Å². The molecule has 3 aromatic carbocycles. The lowest BCUT2D eigenvalue weighted by molar-refractivity contribution is -0.595. The zero-order valence-electron chi connectivity index (χ0n) is 23.5. The molecule has 2 aromatic heterocycles. The number of hydrogen-bond acceptors (Lipinski definition) is 1. The van der Waals surface area contributed by atoms with Crippen LogP contribution in [0.1, 0.15) is 52.7 Å². The van der Waals surface area contributed by atoms with Crippen molar-refractivity contribution < 1.29 is 13.9 Å².